The van der Waals surface area contributed by atoms with Crippen molar-refractivity contribution in [3.8, 4) is 5.75 Å². The fourth-order valence-corrected chi connectivity index (χ4v) is 1.52. The maximum atomic E-state index is 13.6. The number of benzene rings is 1. The van der Waals surface area contributed by atoms with E-state index in [9.17, 15) is 4.39 Å². The van der Waals surface area contributed by atoms with Crippen LogP contribution in [0.3, 0.4) is 0 Å². The zero-order valence-corrected chi connectivity index (χ0v) is 10.4. The molecule has 0 saturated carbocycles. The van der Waals surface area contributed by atoms with Crippen molar-refractivity contribution in [1.29, 1.82) is 0 Å². The molecule has 1 aromatic carbocycles. The van der Waals surface area contributed by atoms with Crippen LogP contribution in [0.15, 0.2) is 18.2 Å². The van der Waals surface area contributed by atoms with E-state index in [2.05, 4.69) is 0 Å². The topological polar surface area (TPSA) is 44.5 Å². The second-order valence-corrected chi connectivity index (χ2v) is 3.99. The third kappa shape index (κ3) is 5.15. The van der Waals surface area contributed by atoms with Crippen molar-refractivity contribution in [2.75, 3.05) is 19.8 Å². The number of nitrogens with two attached hydrogens (primary N) is 1. The first-order chi connectivity index (χ1) is 8.13. The average Bonchev–Trinajstić information content (AvgIpc) is 2.26. The Kier molecular flexibility index (Phi) is 5.94. The minimum Gasteiger partial charge on any atom is -0.488 e. The third-order valence-corrected chi connectivity index (χ3v) is 2.24. The summed E-state index contributed by atoms with van der Waals surface area (Å²) < 4.78 is 24.0. The van der Waals surface area contributed by atoms with Crippen molar-refractivity contribution in [3.63, 3.8) is 0 Å². The predicted octanol–water partition coefficient (Wildman–Crippen LogP) is 2.13. The first-order valence-electron chi connectivity index (χ1n) is 5.88. The van der Waals surface area contributed by atoms with Gasteiger partial charge in [0.1, 0.15) is 6.61 Å². The van der Waals surface area contributed by atoms with Crippen LogP contribution in [0.4, 0.5) is 4.39 Å². The molecule has 0 bridgehead atoms. The molecule has 0 saturated heterocycles. The van der Waals surface area contributed by atoms with Gasteiger partial charge in [-0.25, -0.2) is 4.39 Å². The second-order valence-electron chi connectivity index (χ2n) is 3.99. The first-order valence-corrected chi connectivity index (χ1v) is 5.88. The van der Waals surface area contributed by atoms with Gasteiger partial charge in [-0.15, -0.1) is 0 Å². The molecule has 17 heavy (non-hydrogen) atoms. The van der Waals surface area contributed by atoms with E-state index in [1.165, 1.54) is 6.07 Å². The van der Waals surface area contributed by atoms with Gasteiger partial charge in [0, 0.05) is 12.6 Å². The summed E-state index contributed by atoms with van der Waals surface area (Å²) >= 11 is 0. The Labute approximate surface area is 102 Å². The molecule has 96 valence electrons. The molecule has 1 rings (SSSR count). The lowest BCUT2D eigenvalue weighted by Gasteiger charge is -2.10. The van der Waals surface area contributed by atoms with Crippen molar-refractivity contribution in [2.24, 2.45) is 5.73 Å². The molecule has 3 nitrogen and oxygen atoms in total. The van der Waals surface area contributed by atoms with Crippen LogP contribution >= 0.6 is 0 Å². The Hall–Kier alpha value is -1.13. The van der Waals surface area contributed by atoms with Crippen LogP contribution in [0.1, 0.15) is 19.4 Å². The summed E-state index contributed by atoms with van der Waals surface area (Å²) in [4.78, 5) is 0. The van der Waals surface area contributed by atoms with E-state index in [1.807, 2.05) is 19.9 Å². The maximum absolute atomic E-state index is 13.6. The van der Waals surface area contributed by atoms with Gasteiger partial charge in [-0.2, -0.15) is 0 Å². The average molecular weight is 241 g/mol. The highest BCUT2D eigenvalue weighted by molar-refractivity contribution is 5.29. The zero-order chi connectivity index (χ0) is 12.7. The van der Waals surface area contributed by atoms with E-state index in [-0.39, 0.29) is 17.6 Å². The summed E-state index contributed by atoms with van der Waals surface area (Å²) in [6, 6.07) is 4.97. The quantitative estimate of drug-likeness (QED) is 0.744. The summed E-state index contributed by atoms with van der Waals surface area (Å²) in [5.74, 6) is -0.0854. The fraction of sp³-hybridized carbons (Fsp3) is 0.538. The molecular weight excluding hydrogens is 221 g/mol. The van der Waals surface area contributed by atoms with E-state index < -0.39 is 0 Å². The van der Waals surface area contributed by atoms with E-state index in [0.717, 1.165) is 5.56 Å². The minimum atomic E-state index is -0.348. The molecule has 0 spiro atoms. The molecule has 0 aliphatic rings. The standard InChI is InChI=1S/C13H20FNO2/c1-3-16-6-7-17-13-5-4-11(8-10(2)15)9-12(13)14/h4-5,9-10H,3,6-8,15H2,1-2H3. The highest BCUT2D eigenvalue weighted by atomic mass is 19.1. The summed E-state index contributed by atoms with van der Waals surface area (Å²) in [5, 5.41) is 0. The Balaban J connectivity index is 2.51. The number of rotatable bonds is 7. The van der Waals surface area contributed by atoms with E-state index in [1.54, 1.807) is 6.07 Å². The van der Waals surface area contributed by atoms with Gasteiger partial charge in [0.15, 0.2) is 11.6 Å². The van der Waals surface area contributed by atoms with Gasteiger partial charge >= 0.3 is 0 Å². The van der Waals surface area contributed by atoms with E-state index in [0.29, 0.717) is 26.2 Å². The largest absolute Gasteiger partial charge is 0.488 e. The molecule has 0 heterocycles. The summed E-state index contributed by atoms with van der Waals surface area (Å²) in [7, 11) is 0. The van der Waals surface area contributed by atoms with Crippen molar-refractivity contribution in [3.05, 3.63) is 29.6 Å². The molecule has 0 fully saturated rings. The second kappa shape index (κ2) is 7.25. The van der Waals surface area contributed by atoms with E-state index in [4.69, 9.17) is 15.2 Å². The highest BCUT2D eigenvalue weighted by Gasteiger charge is 2.06. The Morgan fingerprint density at radius 2 is 2.12 bits per heavy atom. The Bertz CT molecular complexity index is 342. The van der Waals surface area contributed by atoms with Gasteiger partial charge in [-0.1, -0.05) is 6.07 Å². The van der Waals surface area contributed by atoms with Crippen molar-refractivity contribution >= 4 is 0 Å². The van der Waals surface area contributed by atoms with Crippen molar-refractivity contribution in [1.82, 2.24) is 0 Å². The Morgan fingerprint density at radius 1 is 1.35 bits per heavy atom. The van der Waals surface area contributed by atoms with Gasteiger partial charge in [0.25, 0.3) is 0 Å². The van der Waals surface area contributed by atoms with Gasteiger partial charge in [-0.3, -0.25) is 0 Å². The van der Waals surface area contributed by atoms with Gasteiger partial charge in [0.05, 0.1) is 6.61 Å². The number of ether oxygens (including phenoxy) is 2. The van der Waals surface area contributed by atoms with Crippen molar-refractivity contribution < 1.29 is 13.9 Å². The first kappa shape index (κ1) is 13.9. The summed E-state index contributed by atoms with van der Waals surface area (Å²) in [6.07, 6.45) is 0.663. The fourth-order valence-electron chi connectivity index (χ4n) is 1.52. The van der Waals surface area contributed by atoms with Crippen LogP contribution in [0.25, 0.3) is 0 Å². The van der Waals surface area contributed by atoms with Crippen LogP contribution < -0.4 is 10.5 Å². The summed E-state index contributed by atoms with van der Waals surface area (Å²) in [5.41, 5.74) is 6.54. The lowest BCUT2D eigenvalue weighted by molar-refractivity contribution is 0.108. The molecule has 0 aromatic heterocycles. The molecule has 1 aromatic rings. The van der Waals surface area contributed by atoms with E-state index >= 15 is 0 Å². The van der Waals surface area contributed by atoms with Gasteiger partial charge in [-0.05, 0) is 38.0 Å². The molecule has 1 atom stereocenters. The number of hydrogen-bond donors (Lipinski definition) is 1. The highest BCUT2D eigenvalue weighted by Crippen LogP contribution is 2.18. The molecular formula is C13H20FNO2. The number of halogens is 1. The van der Waals surface area contributed by atoms with Crippen LogP contribution in [-0.2, 0) is 11.2 Å². The van der Waals surface area contributed by atoms with Crippen LogP contribution in [-0.4, -0.2) is 25.9 Å². The minimum absolute atomic E-state index is 0.0270. The molecule has 0 radical (unpaired) electrons. The smallest absolute Gasteiger partial charge is 0.165 e. The van der Waals surface area contributed by atoms with Crippen LogP contribution in [0.2, 0.25) is 0 Å². The SMILES string of the molecule is CCOCCOc1ccc(CC(C)N)cc1F. The van der Waals surface area contributed by atoms with Crippen LogP contribution in [0.5, 0.6) is 5.75 Å². The third-order valence-electron chi connectivity index (χ3n) is 2.24. The monoisotopic (exact) mass is 241 g/mol. The molecule has 2 N–H and O–H groups in total. The number of hydrogen-bond acceptors (Lipinski definition) is 3. The van der Waals surface area contributed by atoms with Gasteiger partial charge < -0.3 is 15.2 Å². The lowest BCUT2D eigenvalue weighted by atomic mass is 10.1. The van der Waals surface area contributed by atoms with Crippen molar-refractivity contribution in [2.45, 2.75) is 26.3 Å². The predicted molar refractivity (Wildman–Crippen MR) is 65.7 cm³/mol. The summed E-state index contributed by atoms with van der Waals surface area (Å²) in [6.45, 7) is 5.27. The lowest BCUT2D eigenvalue weighted by Crippen LogP contribution is -2.17. The van der Waals surface area contributed by atoms with Crippen LogP contribution in [0, 0.1) is 5.82 Å². The Morgan fingerprint density at radius 3 is 2.71 bits per heavy atom. The molecule has 0 aliphatic carbocycles. The maximum Gasteiger partial charge on any atom is 0.165 e. The molecule has 4 heteroatoms. The molecule has 0 aliphatic heterocycles. The van der Waals surface area contributed by atoms with Gasteiger partial charge in [0.2, 0.25) is 0 Å². The molecule has 1 unspecified atom stereocenters. The molecule has 0 amide bonds. The zero-order valence-electron chi connectivity index (χ0n) is 10.4. The normalized spacial score (nSPS) is 12.5.